The van der Waals surface area contributed by atoms with Gasteiger partial charge in [-0.1, -0.05) is 30.0 Å². The molecule has 11 heteroatoms. The van der Waals surface area contributed by atoms with Crippen LogP contribution in [0.4, 0.5) is 11.4 Å². The molecule has 2 amide bonds. The molecule has 32 heavy (non-hydrogen) atoms. The van der Waals surface area contributed by atoms with E-state index in [2.05, 4.69) is 20.8 Å². The molecule has 0 atom stereocenters. The molecular formula is C21H22N6O4S. The minimum atomic E-state index is -0.483. The molecule has 0 spiro atoms. The van der Waals surface area contributed by atoms with Crippen LogP contribution in [-0.2, 0) is 18.4 Å². The number of nitro benzene ring substituents is 1. The van der Waals surface area contributed by atoms with Gasteiger partial charge in [0.1, 0.15) is 0 Å². The fraction of sp³-hybridized carbons (Fsp3) is 0.238. The highest BCUT2D eigenvalue weighted by atomic mass is 32.2. The summed E-state index contributed by atoms with van der Waals surface area (Å²) in [5.41, 5.74) is 2.56. The van der Waals surface area contributed by atoms with Gasteiger partial charge in [0, 0.05) is 30.4 Å². The zero-order chi connectivity index (χ0) is 23.3. The number of non-ortho nitro benzene ring substituents is 1. The van der Waals surface area contributed by atoms with Gasteiger partial charge in [0.15, 0.2) is 11.0 Å². The summed E-state index contributed by atoms with van der Waals surface area (Å²) in [6.45, 7) is 3.76. The minimum absolute atomic E-state index is 0.0315. The maximum atomic E-state index is 12.4. The molecule has 0 bridgehead atoms. The first-order valence-electron chi connectivity index (χ1n) is 9.66. The number of aromatic nitrogens is 3. The van der Waals surface area contributed by atoms with E-state index in [0.29, 0.717) is 27.8 Å². The Bertz CT molecular complexity index is 1180. The summed E-state index contributed by atoms with van der Waals surface area (Å²) in [4.78, 5) is 35.0. The molecule has 2 aromatic carbocycles. The SMILES string of the molecule is Cc1cc([N+](=O)[O-])ccc1NC(=O)CSc1nnc(CNC(=O)c2ccccc2C)n1C. The quantitative estimate of drug-likeness (QED) is 0.304. The maximum absolute atomic E-state index is 12.4. The molecule has 0 aliphatic carbocycles. The van der Waals surface area contributed by atoms with Gasteiger partial charge in [-0.25, -0.2) is 0 Å². The Balaban J connectivity index is 1.54. The lowest BCUT2D eigenvalue weighted by Crippen LogP contribution is -2.25. The van der Waals surface area contributed by atoms with Crippen molar-refractivity contribution < 1.29 is 14.5 Å². The Labute approximate surface area is 188 Å². The summed E-state index contributed by atoms with van der Waals surface area (Å²) in [6.07, 6.45) is 0. The number of carbonyl (C=O) groups excluding carboxylic acids is 2. The fourth-order valence-electron chi connectivity index (χ4n) is 2.92. The molecule has 1 aromatic heterocycles. The number of thioether (sulfide) groups is 1. The molecule has 3 rings (SSSR count). The van der Waals surface area contributed by atoms with Crippen LogP contribution in [-0.4, -0.2) is 37.3 Å². The average Bonchev–Trinajstić information content (AvgIpc) is 3.11. The normalized spacial score (nSPS) is 10.6. The van der Waals surface area contributed by atoms with Gasteiger partial charge in [-0.15, -0.1) is 10.2 Å². The molecule has 166 valence electrons. The van der Waals surface area contributed by atoms with Gasteiger partial charge in [0.25, 0.3) is 11.6 Å². The van der Waals surface area contributed by atoms with E-state index < -0.39 is 4.92 Å². The number of hydrogen-bond donors (Lipinski definition) is 2. The van der Waals surface area contributed by atoms with Gasteiger partial charge in [0.2, 0.25) is 5.91 Å². The summed E-state index contributed by atoms with van der Waals surface area (Å²) < 4.78 is 1.72. The van der Waals surface area contributed by atoms with Crippen molar-refractivity contribution in [2.75, 3.05) is 11.1 Å². The number of nitrogens with zero attached hydrogens (tertiary/aromatic N) is 4. The molecule has 1 heterocycles. The van der Waals surface area contributed by atoms with E-state index in [4.69, 9.17) is 0 Å². The number of benzene rings is 2. The third-order valence-electron chi connectivity index (χ3n) is 4.75. The number of aryl methyl sites for hydroxylation is 2. The first-order valence-corrected chi connectivity index (χ1v) is 10.6. The van der Waals surface area contributed by atoms with Crippen LogP contribution in [0.1, 0.15) is 27.3 Å². The van der Waals surface area contributed by atoms with Crippen LogP contribution >= 0.6 is 11.8 Å². The molecule has 3 aromatic rings. The second-order valence-electron chi connectivity index (χ2n) is 7.05. The first-order chi connectivity index (χ1) is 15.3. The predicted molar refractivity (Wildman–Crippen MR) is 121 cm³/mol. The van der Waals surface area contributed by atoms with Crippen LogP contribution in [0.15, 0.2) is 47.6 Å². The zero-order valence-corrected chi connectivity index (χ0v) is 18.6. The van der Waals surface area contributed by atoms with Gasteiger partial charge in [0.05, 0.1) is 17.2 Å². The van der Waals surface area contributed by atoms with E-state index in [1.54, 1.807) is 24.6 Å². The van der Waals surface area contributed by atoms with E-state index in [1.165, 1.54) is 30.0 Å². The molecule has 0 fully saturated rings. The highest BCUT2D eigenvalue weighted by Gasteiger charge is 2.15. The van der Waals surface area contributed by atoms with E-state index in [1.807, 2.05) is 25.1 Å². The van der Waals surface area contributed by atoms with Gasteiger partial charge < -0.3 is 15.2 Å². The first kappa shape index (κ1) is 22.9. The Hall–Kier alpha value is -3.73. The smallest absolute Gasteiger partial charge is 0.269 e. The lowest BCUT2D eigenvalue weighted by atomic mass is 10.1. The van der Waals surface area contributed by atoms with Crippen molar-refractivity contribution in [2.45, 2.75) is 25.5 Å². The third kappa shape index (κ3) is 5.49. The van der Waals surface area contributed by atoms with Crippen molar-refractivity contribution in [3.8, 4) is 0 Å². The number of anilines is 1. The van der Waals surface area contributed by atoms with Crippen LogP contribution in [0.3, 0.4) is 0 Å². The van der Waals surface area contributed by atoms with Crippen LogP contribution in [0.25, 0.3) is 0 Å². The molecular weight excluding hydrogens is 432 g/mol. The van der Waals surface area contributed by atoms with Gasteiger partial charge in [-0.05, 0) is 37.1 Å². The number of amides is 2. The molecule has 0 saturated carbocycles. The van der Waals surface area contributed by atoms with Crippen LogP contribution in [0, 0.1) is 24.0 Å². The molecule has 2 N–H and O–H groups in total. The second-order valence-corrected chi connectivity index (χ2v) is 7.99. The fourth-order valence-corrected chi connectivity index (χ4v) is 3.65. The number of hydrogen-bond acceptors (Lipinski definition) is 7. The number of nitrogens with one attached hydrogen (secondary N) is 2. The van der Waals surface area contributed by atoms with Crippen molar-refractivity contribution in [1.82, 2.24) is 20.1 Å². The monoisotopic (exact) mass is 454 g/mol. The van der Waals surface area contributed by atoms with E-state index in [-0.39, 0.29) is 29.8 Å². The summed E-state index contributed by atoms with van der Waals surface area (Å²) >= 11 is 1.20. The third-order valence-corrected chi connectivity index (χ3v) is 5.77. The van der Waals surface area contributed by atoms with Crippen LogP contribution < -0.4 is 10.6 Å². The standard InChI is InChI=1S/C21H22N6O4S/c1-13-6-4-5-7-16(13)20(29)22-11-18-24-25-21(26(18)3)32-12-19(28)23-17-9-8-15(27(30)31)10-14(17)2/h4-10H,11-12H2,1-3H3,(H,22,29)(H,23,28). The predicted octanol–water partition coefficient (Wildman–Crippen LogP) is 3.00. The molecule has 10 nitrogen and oxygen atoms in total. The van der Waals surface area contributed by atoms with Crippen molar-refractivity contribution in [2.24, 2.45) is 7.05 Å². The largest absolute Gasteiger partial charge is 0.345 e. The average molecular weight is 455 g/mol. The Kier molecular flexibility index (Phi) is 7.21. The highest BCUT2D eigenvalue weighted by molar-refractivity contribution is 7.99. The van der Waals surface area contributed by atoms with E-state index in [0.717, 1.165) is 5.56 Å². The lowest BCUT2D eigenvalue weighted by molar-refractivity contribution is -0.384. The van der Waals surface area contributed by atoms with E-state index >= 15 is 0 Å². The Morgan fingerprint density at radius 3 is 2.56 bits per heavy atom. The van der Waals surface area contributed by atoms with Crippen LogP contribution in [0.2, 0.25) is 0 Å². The van der Waals surface area contributed by atoms with Gasteiger partial charge in [-0.3, -0.25) is 19.7 Å². The summed E-state index contributed by atoms with van der Waals surface area (Å²) in [6, 6.07) is 11.6. The molecule has 0 radical (unpaired) electrons. The Morgan fingerprint density at radius 1 is 1.12 bits per heavy atom. The minimum Gasteiger partial charge on any atom is -0.345 e. The lowest BCUT2D eigenvalue weighted by Gasteiger charge is -2.09. The number of nitro groups is 1. The second kappa shape index (κ2) is 10.1. The molecule has 0 unspecified atom stereocenters. The molecule has 0 aliphatic heterocycles. The van der Waals surface area contributed by atoms with Crippen molar-refractivity contribution in [1.29, 1.82) is 0 Å². The Morgan fingerprint density at radius 2 is 1.88 bits per heavy atom. The summed E-state index contributed by atoms with van der Waals surface area (Å²) in [7, 11) is 1.76. The van der Waals surface area contributed by atoms with Crippen molar-refractivity contribution in [3.05, 3.63) is 75.1 Å². The van der Waals surface area contributed by atoms with Crippen molar-refractivity contribution in [3.63, 3.8) is 0 Å². The van der Waals surface area contributed by atoms with E-state index in [9.17, 15) is 19.7 Å². The zero-order valence-electron chi connectivity index (χ0n) is 17.8. The topological polar surface area (TPSA) is 132 Å². The molecule has 0 saturated heterocycles. The molecule has 0 aliphatic rings. The number of rotatable bonds is 8. The van der Waals surface area contributed by atoms with Gasteiger partial charge in [-0.2, -0.15) is 0 Å². The summed E-state index contributed by atoms with van der Waals surface area (Å²) in [5, 5.41) is 25.1. The highest BCUT2D eigenvalue weighted by Crippen LogP contribution is 2.22. The van der Waals surface area contributed by atoms with Crippen molar-refractivity contribution >= 4 is 35.0 Å². The number of carbonyl (C=O) groups is 2. The maximum Gasteiger partial charge on any atom is 0.269 e. The summed E-state index contributed by atoms with van der Waals surface area (Å²) in [5.74, 6) is 0.168. The van der Waals surface area contributed by atoms with Gasteiger partial charge >= 0.3 is 0 Å². The van der Waals surface area contributed by atoms with Crippen LogP contribution in [0.5, 0.6) is 0 Å².